The summed E-state index contributed by atoms with van der Waals surface area (Å²) < 4.78 is 10.6. The summed E-state index contributed by atoms with van der Waals surface area (Å²) in [5, 5.41) is 6.06. The Morgan fingerprint density at radius 3 is 2.40 bits per heavy atom. The van der Waals surface area contributed by atoms with Crippen LogP contribution in [0.5, 0.6) is 11.5 Å². The van der Waals surface area contributed by atoms with E-state index >= 15 is 0 Å². The fourth-order valence-corrected chi connectivity index (χ4v) is 1.63. The van der Waals surface area contributed by atoms with Gasteiger partial charge in [-0.25, -0.2) is 0 Å². The molecule has 0 saturated carbocycles. The number of hydrogen-bond donors (Lipinski definition) is 2. The average molecular weight is 280 g/mol. The van der Waals surface area contributed by atoms with Gasteiger partial charge in [0.1, 0.15) is 11.5 Å². The van der Waals surface area contributed by atoms with Gasteiger partial charge in [0.05, 0.1) is 7.11 Å². The molecule has 1 amide bonds. The second kappa shape index (κ2) is 9.20. The number of carbonyl (C=O) groups excluding carboxylic acids is 1. The van der Waals surface area contributed by atoms with E-state index in [1.54, 1.807) is 38.3 Å². The van der Waals surface area contributed by atoms with Gasteiger partial charge in [-0.1, -0.05) is 6.92 Å². The maximum absolute atomic E-state index is 11.8. The smallest absolute Gasteiger partial charge is 0.260 e. The number of carbonyl (C=O) groups is 1. The van der Waals surface area contributed by atoms with Gasteiger partial charge in [-0.15, -0.1) is 0 Å². The first-order valence-corrected chi connectivity index (χ1v) is 6.96. The van der Waals surface area contributed by atoms with Crippen LogP contribution in [-0.4, -0.2) is 38.8 Å². The number of rotatable bonds is 9. The predicted octanol–water partition coefficient (Wildman–Crippen LogP) is 1.58. The Morgan fingerprint density at radius 1 is 1.15 bits per heavy atom. The van der Waals surface area contributed by atoms with Crippen molar-refractivity contribution in [3.63, 3.8) is 0 Å². The number of hydrogen-bond acceptors (Lipinski definition) is 4. The first kappa shape index (κ1) is 16.3. The van der Waals surface area contributed by atoms with Crippen LogP contribution in [0.15, 0.2) is 24.3 Å². The van der Waals surface area contributed by atoms with E-state index in [4.69, 9.17) is 9.47 Å². The van der Waals surface area contributed by atoms with E-state index in [2.05, 4.69) is 17.6 Å². The van der Waals surface area contributed by atoms with E-state index in [1.807, 2.05) is 0 Å². The second-order valence-electron chi connectivity index (χ2n) is 4.48. The Morgan fingerprint density at radius 2 is 1.80 bits per heavy atom. The highest BCUT2D eigenvalue weighted by molar-refractivity contribution is 5.80. The van der Waals surface area contributed by atoms with Gasteiger partial charge in [0.15, 0.2) is 6.10 Å². The molecule has 0 saturated heterocycles. The SMILES string of the molecule is CCCNCCNC(=O)C(C)Oc1ccc(OC)cc1. The molecule has 20 heavy (non-hydrogen) atoms. The summed E-state index contributed by atoms with van der Waals surface area (Å²) in [6.07, 6.45) is 0.569. The fourth-order valence-electron chi connectivity index (χ4n) is 1.63. The maximum Gasteiger partial charge on any atom is 0.260 e. The lowest BCUT2D eigenvalue weighted by Gasteiger charge is -2.15. The van der Waals surface area contributed by atoms with Crippen LogP contribution < -0.4 is 20.1 Å². The summed E-state index contributed by atoms with van der Waals surface area (Å²) in [6.45, 7) is 6.19. The first-order chi connectivity index (χ1) is 9.67. The molecule has 1 rings (SSSR count). The minimum absolute atomic E-state index is 0.112. The zero-order valence-electron chi connectivity index (χ0n) is 12.4. The van der Waals surface area contributed by atoms with E-state index in [-0.39, 0.29) is 5.91 Å². The molecule has 1 unspecified atom stereocenters. The molecule has 0 aliphatic carbocycles. The summed E-state index contributed by atoms with van der Waals surface area (Å²) in [5.41, 5.74) is 0. The molecule has 1 aromatic rings. The minimum atomic E-state index is -0.519. The summed E-state index contributed by atoms with van der Waals surface area (Å²) in [4.78, 5) is 11.8. The van der Waals surface area contributed by atoms with Crippen molar-refractivity contribution in [3.8, 4) is 11.5 Å². The Hall–Kier alpha value is -1.75. The predicted molar refractivity (Wildman–Crippen MR) is 79.3 cm³/mol. The molecule has 112 valence electrons. The van der Waals surface area contributed by atoms with Crippen molar-refractivity contribution in [1.29, 1.82) is 0 Å². The highest BCUT2D eigenvalue weighted by Gasteiger charge is 2.13. The largest absolute Gasteiger partial charge is 0.497 e. The number of nitrogens with one attached hydrogen (secondary N) is 2. The van der Waals surface area contributed by atoms with E-state index < -0.39 is 6.10 Å². The van der Waals surface area contributed by atoms with Crippen LogP contribution in [0.2, 0.25) is 0 Å². The molecule has 0 spiro atoms. The van der Waals surface area contributed by atoms with Crippen LogP contribution >= 0.6 is 0 Å². The van der Waals surface area contributed by atoms with Gasteiger partial charge in [-0.2, -0.15) is 0 Å². The molecule has 0 heterocycles. The van der Waals surface area contributed by atoms with Crippen LogP contribution in [-0.2, 0) is 4.79 Å². The van der Waals surface area contributed by atoms with Gasteiger partial charge in [0.25, 0.3) is 5.91 Å². The third-order valence-corrected chi connectivity index (χ3v) is 2.77. The third-order valence-electron chi connectivity index (χ3n) is 2.77. The monoisotopic (exact) mass is 280 g/mol. The summed E-state index contributed by atoms with van der Waals surface area (Å²) in [5.74, 6) is 1.30. The van der Waals surface area contributed by atoms with Gasteiger partial charge in [0, 0.05) is 13.1 Å². The molecule has 1 atom stereocenters. The third kappa shape index (κ3) is 5.93. The van der Waals surface area contributed by atoms with Crippen molar-refractivity contribution in [1.82, 2.24) is 10.6 Å². The Bertz CT molecular complexity index is 393. The number of amides is 1. The van der Waals surface area contributed by atoms with Crippen LogP contribution in [0.25, 0.3) is 0 Å². The molecule has 5 nitrogen and oxygen atoms in total. The Kier molecular flexibility index (Phi) is 7.50. The standard InChI is InChI=1S/C15H24N2O3/c1-4-9-16-10-11-17-15(18)12(2)20-14-7-5-13(19-3)6-8-14/h5-8,12,16H,4,9-11H2,1-3H3,(H,17,18). The quantitative estimate of drug-likeness (QED) is 0.674. The van der Waals surface area contributed by atoms with Gasteiger partial charge in [0.2, 0.25) is 0 Å². The topological polar surface area (TPSA) is 59.6 Å². The summed E-state index contributed by atoms with van der Waals surface area (Å²) in [6, 6.07) is 7.17. The van der Waals surface area contributed by atoms with Crippen molar-refractivity contribution in [2.75, 3.05) is 26.7 Å². The molecule has 2 N–H and O–H groups in total. The summed E-state index contributed by atoms with van der Waals surface area (Å²) >= 11 is 0. The van der Waals surface area contributed by atoms with Crippen molar-refractivity contribution < 1.29 is 14.3 Å². The lowest BCUT2D eigenvalue weighted by Crippen LogP contribution is -2.39. The van der Waals surface area contributed by atoms with E-state index in [0.29, 0.717) is 12.3 Å². The van der Waals surface area contributed by atoms with E-state index in [9.17, 15) is 4.79 Å². The lowest BCUT2D eigenvalue weighted by molar-refractivity contribution is -0.127. The Balaban J connectivity index is 2.29. The highest BCUT2D eigenvalue weighted by atomic mass is 16.5. The maximum atomic E-state index is 11.8. The second-order valence-corrected chi connectivity index (χ2v) is 4.48. The summed E-state index contributed by atoms with van der Waals surface area (Å²) in [7, 11) is 1.61. The molecule has 1 aromatic carbocycles. The van der Waals surface area contributed by atoms with Crippen LogP contribution in [0, 0.1) is 0 Å². The molecule has 0 aliphatic heterocycles. The number of ether oxygens (including phenoxy) is 2. The first-order valence-electron chi connectivity index (χ1n) is 6.96. The molecule has 0 bridgehead atoms. The fraction of sp³-hybridized carbons (Fsp3) is 0.533. The molecule has 0 aromatic heterocycles. The molecule has 5 heteroatoms. The van der Waals surface area contributed by atoms with E-state index in [0.717, 1.165) is 25.3 Å². The van der Waals surface area contributed by atoms with Crippen LogP contribution in [0.3, 0.4) is 0 Å². The van der Waals surface area contributed by atoms with Gasteiger partial charge < -0.3 is 20.1 Å². The molecule has 0 aliphatic rings. The normalized spacial score (nSPS) is 11.8. The van der Waals surface area contributed by atoms with Gasteiger partial charge in [-0.05, 0) is 44.2 Å². The van der Waals surface area contributed by atoms with Crippen molar-refractivity contribution >= 4 is 5.91 Å². The zero-order valence-corrected chi connectivity index (χ0v) is 12.4. The van der Waals surface area contributed by atoms with Gasteiger partial charge in [-0.3, -0.25) is 4.79 Å². The average Bonchev–Trinajstić information content (AvgIpc) is 2.47. The van der Waals surface area contributed by atoms with Crippen molar-refractivity contribution in [2.45, 2.75) is 26.4 Å². The minimum Gasteiger partial charge on any atom is -0.497 e. The van der Waals surface area contributed by atoms with Gasteiger partial charge >= 0.3 is 0 Å². The molecule has 0 radical (unpaired) electrons. The van der Waals surface area contributed by atoms with Crippen molar-refractivity contribution in [3.05, 3.63) is 24.3 Å². The van der Waals surface area contributed by atoms with Crippen LogP contribution in [0.4, 0.5) is 0 Å². The number of benzene rings is 1. The van der Waals surface area contributed by atoms with Crippen LogP contribution in [0.1, 0.15) is 20.3 Å². The molecular formula is C15H24N2O3. The highest BCUT2D eigenvalue weighted by Crippen LogP contribution is 2.18. The van der Waals surface area contributed by atoms with E-state index in [1.165, 1.54) is 0 Å². The molecular weight excluding hydrogens is 256 g/mol. The van der Waals surface area contributed by atoms with Crippen molar-refractivity contribution in [2.24, 2.45) is 0 Å². The molecule has 0 fully saturated rings. The Labute approximate surface area is 120 Å². The zero-order chi connectivity index (χ0) is 14.8. The lowest BCUT2D eigenvalue weighted by atomic mass is 10.3. The number of methoxy groups -OCH3 is 1.